The number of aliphatic hydroxyl groups excluding tert-OH is 13. The number of amides is 1. The van der Waals surface area contributed by atoms with Gasteiger partial charge in [0.1, 0.15) is 73.2 Å². The van der Waals surface area contributed by atoms with Crippen molar-refractivity contribution in [2.24, 2.45) is 0 Å². The second kappa shape index (κ2) is 44.2. The van der Waals surface area contributed by atoms with Crippen LogP contribution in [0.25, 0.3) is 0 Å². The standard InChI is InChI=1S/C61H117NO20/c1-4-6-8-10-12-14-16-18-19-20-21-22-23-25-27-29-31-33-35-37-44(66)49(69)58(76)62-42(48(68)43(65)36-34-32-30-28-26-24-17-15-13-11-9-7-5-2)40-77-59-55(75)57(82-60-53(73)51(71)47(67)41(3)78-60)56(46(39-64)80-59)81-61-54(74)52(72)50(70)45(38-63)79-61/h41-57,59-61,63-75H,4-40H2,1-3H3,(H,62,76)/t41-,42+,43-,44-,45-,46-,47+,48+,49+,50+,51+,52+,53-,54-,55-,56-,57-,59-,60-,61+/m1/s1. The van der Waals surface area contributed by atoms with E-state index in [1.54, 1.807) is 0 Å². The lowest BCUT2D eigenvalue weighted by atomic mass is 9.96. The van der Waals surface area contributed by atoms with Crippen LogP contribution in [0.3, 0.4) is 0 Å². The maximum atomic E-state index is 13.7. The molecule has 21 nitrogen and oxygen atoms in total. The van der Waals surface area contributed by atoms with Crippen LogP contribution in [-0.2, 0) is 33.2 Å². The first-order valence-electron chi connectivity index (χ1n) is 32.4. The Morgan fingerprint density at radius 3 is 1.22 bits per heavy atom. The van der Waals surface area contributed by atoms with E-state index < -0.39 is 148 Å². The SMILES string of the molecule is CCCCCCCCCCCCCCCCCCCCC[C@@H](O)[C@H](O)C(=O)N[C@@H](CO[C@@H]1O[C@H](CO)[C@@H](O[C@@H]2O[C@H](CO)[C@H](O)[C@H](O)[C@H]2O)[C@H](O[C@H]2O[C@H](C)[C@H](O)[C@H](O)[C@H]2O)[C@H]1O)[C@H](O)[C@H](O)CCCCCCCCCCCCCCC. The first-order chi connectivity index (χ1) is 39.5. The Hall–Kier alpha value is -1.29. The first kappa shape index (κ1) is 75.0. The Bertz CT molecular complexity index is 1560. The monoisotopic (exact) mass is 1180 g/mol. The van der Waals surface area contributed by atoms with E-state index in [1.165, 1.54) is 142 Å². The number of hydrogen-bond donors (Lipinski definition) is 14. The number of carbonyl (C=O) groups excluding carboxylic acids is 1. The average molecular weight is 1180 g/mol. The van der Waals surface area contributed by atoms with Crippen LogP contribution in [0.4, 0.5) is 0 Å². The number of carbonyl (C=O) groups is 1. The minimum atomic E-state index is -2.01. The summed E-state index contributed by atoms with van der Waals surface area (Å²) in [7, 11) is 0. The summed E-state index contributed by atoms with van der Waals surface area (Å²) in [6.07, 6.45) is 5.05. The summed E-state index contributed by atoms with van der Waals surface area (Å²) in [5, 5.41) is 144. The molecule has 0 aliphatic carbocycles. The fourth-order valence-corrected chi connectivity index (χ4v) is 11.4. The van der Waals surface area contributed by atoms with Crippen LogP contribution in [-0.4, -0.2) is 215 Å². The van der Waals surface area contributed by atoms with E-state index in [-0.39, 0.29) is 12.8 Å². The van der Waals surface area contributed by atoms with E-state index in [2.05, 4.69) is 19.2 Å². The summed E-state index contributed by atoms with van der Waals surface area (Å²) in [5.74, 6) is -1.06. The van der Waals surface area contributed by atoms with Gasteiger partial charge in [0.15, 0.2) is 25.0 Å². The lowest BCUT2D eigenvalue weighted by molar-refractivity contribution is -0.386. The van der Waals surface area contributed by atoms with Crippen molar-refractivity contribution in [3.8, 4) is 0 Å². The van der Waals surface area contributed by atoms with Crippen molar-refractivity contribution in [1.29, 1.82) is 0 Å². The molecule has 0 bridgehead atoms. The van der Waals surface area contributed by atoms with Gasteiger partial charge >= 0.3 is 0 Å². The summed E-state index contributed by atoms with van der Waals surface area (Å²) < 4.78 is 35.1. The van der Waals surface area contributed by atoms with Crippen molar-refractivity contribution in [3.63, 3.8) is 0 Å². The Morgan fingerprint density at radius 2 is 0.793 bits per heavy atom. The maximum Gasteiger partial charge on any atom is 0.251 e. The summed E-state index contributed by atoms with van der Waals surface area (Å²) >= 11 is 0. The van der Waals surface area contributed by atoms with Crippen molar-refractivity contribution < 1.29 is 99.6 Å². The Labute approximate surface area is 490 Å². The van der Waals surface area contributed by atoms with Crippen molar-refractivity contribution in [2.45, 2.75) is 362 Å². The zero-order valence-corrected chi connectivity index (χ0v) is 50.4. The van der Waals surface area contributed by atoms with Crippen LogP contribution in [0.2, 0.25) is 0 Å². The van der Waals surface area contributed by atoms with Crippen LogP contribution < -0.4 is 5.32 Å². The smallest absolute Gasteiger partial charge is 0.251 e. The predicted molar refractivity (Wildman–Crippen MR) is 308 cm³/mol. The molecule has 3 saturated heterocycles. The molecule has 0 aromatic rings. The molecular weight excluding hydrogens is 1070 g/mol. The third kappa shape index (κ3) is 27.4. The van der Waals surface area contributed by atoms with Gasteiger partial charge in [-0.3, -0.25) is 4.79 Å². The zero-order valence-electron chi connectivity index (χ0n) is 50.4. The number of aliphatic hydroxyl groups is 13. The second-order valence-corrected chi connectivity index (χ2v) is 24.0. The van der Waals surface area contributed by atoms with E-state index in [4.69, 9.17) is 28.4 Å². The van der Waals surface area contributed by atoms with Crippen molar-refractivity contribution in [2.75, 3.05) is 19.8 Å². The fraction of sp³-hybridized carbons (Fsp3) is 0.984. The first-order valence-corrected chi connectivity index (χ1v) is 32.4. The molecule has 3 aliphatic rings. The summed E-state index contributed by atoms with van der Waals surface area (Å²) in [4.78, 5) is 13.7. The molecule has 3 aliphatic heterocycles. The van der Waals surface area contributed by atoms with Gasteiger partial charge in [0, 0.05) is 0 Å². The number of unbranched alkanes of at least 4 members (excludes halogenated alkanes) is 30. The van der Waals surface area contributed by atoms with Crippen LogP contribution in [0.1, 0.15) is 239 Å². The molecule has 20 atom stereocenters. The van der Waals surface area contributed by atoms with Gasteiger partial charge in [-0.1, -0.05) is 219 Å². The molecule has 0 unspecified atom stereocenters. The number of nitrogens with one attached hydrogen (secondary N) is 1. The number of ether oxygens (including phenoxy) is 6. The highest BCUT2D eigenvalue weighted by Crippen LogP contribution is 2.34. The molecule has 486 valence electrons. The number of hydrogen-bond acceptors (Lipinski definition) is 20. The second-order valence-electron chi connectivity index (χ2n) is 24.0. The Kier molecular flexibility index (Phi) is 40.4. The highest BCUT2D eigenvalue weighted by atomic mass is 16.8. The molecule has 3 fully saturated rings. The van der Waals surface area contributed by atoms with Crippen LogP contribution in [0.5, 0.6) is 0 Å². The van der Waals surface area contributed by atoms with E-state index in [1.807, 2.05) is 0 Å². The molecule has 14 N–H and O–H groups in total. The van der Waals surface area contributed by atoms with Gasteiger partial charge in [-0.25, -0.2) is 0 Å². The number of rotatable bonds is 48. The topological polar surface area (TPSA) is 347 Å². The molecule has 0 saturated carbocycles. The molecule has 0 aromatic heterocycles. The van der Waals surface area contributed by atoms with Crippen molar-refractivity contribution in [3.05, 3.63) is 0 Å². The van der Waals surface area contributed by atoms with Crippen LogP contribution in [0.15, 0.2) is 0 Å². The van der Waals surface area contributed by atoms with Gasteiger partial charge in [0.25, 0.3) is 5.91 Å². The van der Waals surface area contributed by atoms with E-state index in [9.17, 15) is 71.2 Å². The third-order valence-electron chi connectivity index (χ3n) is 16.9. The zero-order chi connectivity index (χ0) is 60.2. The van der Waals surface area contributed by atoms with E-state index >= 15 is 0 Å². The molecule has 21 heteroatoms. The van der Waals surface area contributed by atoms with Crippen molar-refractivity contribution in [1.82, 2.24) is 5.32 Å². The summed E-state index contributed by atoms with van der Waals surface area (Å²) in [6, 6.07) is -1.49. The molecule has 0 aromatic carbocycles. The van der Waals surface area contributed by atoms with Gasteiger partial charge < -0.3 is 100 Å². The normalized spacial score (nSPS) is 30.7. The average Bonchev–Trinajstić information content (AvgIpc) is 3.49. The molecule has 0 spiro atoms. The molecule has 1 amide bonds. The third-order valence-corrected chi connectivity index (χ3v) is 16.9. The Morgan fingerprint density at radius 1 is 0.427 bits per heavy atom. The van der Waals surface area contributed by atoms with Gasteiger partial charge in [-0.05, 0) is 19.8 Å². The summed E-state index contributed by atoms with van der Waals surface area (Å²) in [6.45, 7) is 3.40. The van der Waals surface area contributed by atoms with Gasteiger partial charge in [0.2, 0.25) is 0 Å². The minimum Gasteiger partial charge on any atom is -0.394 e. The van der Waals surface area contributed by atoms with Crippen LogP contribution >= 0.6 is 0 Å². The lowest BCUT2D eigenvalue weighted by Gasteiger charge is -2.49. The highest BCUT2D eigenvalue weighted by molar-refractivity contribution is 5.81. The Balaban J connectivity index is 1.63. The minimum absolute atomic E-state index is 0.130. The van der Waals surface area contributed by atoms with E-state index in [0.717, 1.165) is 57.8 Å². The highest BCUT2D eigenvalue weighted by Gasteiger charge is 2.54. The largest absolute Gasteiger partial charge is 0.394 e. The van der Waals surface area contributed by atoms with Gasteiger partial charge in [-0.2, -0.15) is 0 Å². The quantitative estimate of drug-likeness (QED) is 0.0367. The van der Waals surface area contributed by atoms with Crippen molar-refractivity contribution >= 4 is 5.91 Å². The molecule has 82 heavy (non-hydrogen) atoms. The maximum absolute atomic E-state index is 13.7. The van der Waals surface area contributed by atoms with Crippen LogP contribution in [0, 0.1) is 0 Å². The molecule has 0 radical (unpaired) electrons. The molecule has 3 heterocycles. The predicted octanol–water partition coefficient (Wildman–Crippen LogP) is 4.71. The van der Waals surface area contributed by atoms with Gasteiger partial charge in [-0.15, -0.1) is 0 Å². The van der Waals surface area contributed by atoms with Gasteiger partial charge in [0.05, 0.1) is 44.2 Å². The van der Waals surface area contributed by atoms with E-state index in [0.29, 0.717) is 12.8 Å². The summed E-state index contributed by atoms with van der Waals surface area (Å²) in [5.41, 5.74) is 0. The molecule has 3 rings (SSSR count). The fourth-order valence-electron chi connectivity index (χ4n) is 11.4. The molecular formula is C61H117NO20. The lowest BCUT2D eigenvalue weighted by Crippen LogP contribution is -2.67.